The van der Waals surface area contributed by atoms with Crippen LogP contribution >= 0.6 is 11.3 Å². The van der Waals surface area contributed by atoms with E-state index in [4.69, 9.17) is 4.74 Å². The van der Waals surface area contributed by atoms with E-state index in [1.807, 2.05) is 0 Å². The molecule has 0 spiro atoms. The van der Waals surface area contributed by atoms with Gasteiger partial charge in [0.25, 0.3) is 0 Å². The van der Waals surface area contributed by atoms with E-state index >= 15 is 0 Å². The highest BCUT2D eigenvalue weighted by atomic mass is 32.1. The molecule has 3 aromatic rings. The first-order valence-corrected chi connectivity index (χ1v) is 7.82. The quantitative estimate of drug-likeness (QED) is 0.787. The van der Waals surface area contributed by atoms with Gasteiger partial charge in [-0.25, -0.2) is 15.0 Å². The summed E-state index contributed by atoms with van der Waals surface area (Å²) < 4.78 is 6.07. The van der Waals surface area contributed by atoms with Crippen molar-refractivity contribution < 1.29 is 4.74 Å². The first-order valence-electron chi connectivity index (χ1n) is 6.88. The molecule has 1 N–H and O–H groups in total. The Balaban J connectivity index is 1.69. The van der Waals surface area contributed by atoms with Gasteiger partial charge in [0.1, 0.15) is 17.9 Å². The Hall–Kier alpha value is -1.99. The van der Waals surface area contributed by atoms with Crippen molar-refractivity contribution in [3.63, 3.8) is 0 Å². The first kappa shape index (κ1) is 12.7. The predicted octanol–water partition coefficient (Wildman–Crippen LogP) is 2.38. The number of rotatable bonds is 2. The Morgan fingerprint density at radius 1 is 1.33 bits per heavy atom. The first-order chi connectivity index (χ1) is 10.3. The van der Waals surface area contributed by atoms with E-state index in [9.17, 15) is 0 Å². The number of hydrogen-bond acceptors (Lipinski definition) is 6. The van der Waals surface area contributed by atoms with Crippen molar-refractivity contribution in [2.45, 2.75) is 19.1 Å². The minimum Gasteiger partial charge on any atom is -0.367 e. The number of thiophene rings is 1. The third-order valence-electron chi connectivity index (χ3n) is 3.68. The van der Waals surface area contributed by atoms with Gasteiger partial charge in [0.05, 0.1) is 12.4 Å². The average molecular weight is 301 g/mol. The SMILES string of the molecule is C[C@@H]1CN(c2ncnc3nc[nH]c23)C[C@@H](c2ccsc2)O1. The summed E-state index contributed by atoms with van der Waals surface area (Å²) in [4.78, 5) is 18.2. The number of H-pyrrole nitrogens is 1. The number of ether oxygens (including phenoxy) is 1. The van der Waals surface area contributed by atoms with Crippen molar-refractivity contribution in [1.82, 2.24) is 19.9 Å². The van der Waals surface area contributed by atoms with Crippen LogP contribution in [0, 0.1) is 0 Å². The molecule has 3 aromatic heterocycles. The highest BCUT2D eigenvalue weighted by Gasteiger charge is 2.28. The molecule has 0 bridgehead atoms. The molecule has 0 amide bonds. The van der Waals surface area contributed by atoms with Gasteiger partial charge >= 0.3 is 0 Å². The van der Waals surface area contributed by atoms with Crippen LogP contribution in [0.1, 0.15) is 18.6 Å². The van der Waals surface area contributed by atoms with Gasteiger partial charge in [-0.05, 0) is 29.3 Å². The van der Waals surface area contributed by atoms with E-state index in [0.717, 1.165) is 24.4 Å². The van der Waals surface area contributed by atoms with E-state index in [0.29, 0.717) is 5.65 Å². The Bertz CT molecular complexity index is 741. The lowest BCUT2D eigenvalue weighted by atomic mass is 10.1. The van der Waals surface area contributed by atoms with E-state index in [1.165, 1.54) is 5.56 Å². The summed E-state index contributed by atoms with van der Waals surface area (Å²) in [5, 5.41) is 4.23. The highest BCUT2D eigenvalue weighted by molar-refractivity contribution is 7.07. The summed E-state index contributed by atoms with van der Waals surface area (Å²) in [6.07, 6.45) is 3.45. The number of anilines is 1. The molecule has 108 valence electrons. The van der Waals surface area contributed by atoms with Gasteiger partial charge in [0.2, 0.25) is 0 Å². The Kier molecular flexibility index (Phi) is 3.08. The number of fused-ring (bicyclic) bond motifs is 1. The fourth-order valence-corrected chi connectivity index (χ4v) is 3.46. The zero-order chi connectivity index (χ0) is 14.2. The highest BCUT2D eigenvalue weighted by Crippen LogP contribution is 2.30. The fourth-order valence-electron chi connectivity index (χ4n) is 2.76. The van der Waals surface area contributed by atoms with Crippen molar-refractivity contribution in [3.05, 3.63) is 35.0 Å². The van der Waals surface area contributed by atoms with Gasteiger partial charge in [-0.15, -0.1) is 0 Å². The monoisotopic (exact) mass is 301 g/mol. The second-order valence-corrected chi connectivity index (χ2v) is 5.98. The number of hydrogen-bond donors (Lipinski definition) is 1. The summed E-state index contributed by atoms with van der Waals surface area (Å²) in [5.74, 6) is 0.896. The molecule has 6 nitrogen and oxygen atoms in total. The molecular formula is C14H15N5OS. The molecule has 1 aliphatic rings. The number of imidazole rings is 1. The van der Waals surface area contributed by atoms with Crippen LogP contribution in [0.5, 0.6) is 0 Å². The molecule has 4 rings (SSSR count). The number of nitrogens with zero attached hydrogens (tertiary/aromatic N) is 4. The van der Waals surface area contributed by atoms with Gasteiger partial charge in [-0.2, -0.15) is 11.3 Å². The smallest absolute Gasteiger partial charge is 0.182 e. The zero-order valence-electron chi connectivity index (χ0n) is 11.6. The molecule has 4 heterocycles. The molecule has 2 atom stereocenters. The number of nitrogens with one attached hydrogen (secondary N) is 1. The third kappa shape index (κ3) is 2.28. The maximum Gasteiger partial charge on any atom is 0.182 e. The van der Waals surface area contributed by atoms with Crippen LogP contribution in [-0.4, -0.2) is 39.1 Å². The topological polar surface area (TPSA) is 66.9 Å². The number of aromatic amines is 1. The standard InChI is InChI=1S/C14H15N5OS/c1-9-4-19(5-11(20-9)10-2-3-21-6-10)14-12-13(16-7-15-12)17-8-18-14/h2-3,6-9,11H,4-5H2,1H3,(H,15,16,17,18)/t9-,11+/m1/s1. The predicted molar refractivity (Wildman–Crippen MR) is 81.5 cm³/mol. The molecule has 0 radical (unpaired) electrons. The minimum absolute atomic E-state index is 0.0768. The number of morpholine rings is 1. The van der Waals surface area contributed by atoms with Gasteiger partial charge in [-0.3, -0.25) is 0 Å². The molecule has 0 saturated carbocycles. The van der Waals surface area contributed by atoms with E-state index in [2.05, 4.69) is 48.6 Å². The molecule has 1 saturated heterocycles. The van der Waals surface area contributed by atoms with Crippen LogP contribution in [0.2, 0.25) is 0 Å². The van der Waals surface area contributed by atoms with Gasteiger partial charge in [0, 0.05) is 13.1 Å². The second kappa shape index (κ2) is 5.09. The normalized spacial score (nSPS) is 22.8. The second-order valence-electron chi connectivity index (χ2n) is 5.20. The maximum atomic E-state index is 6.07. The van der Waals surface area contributed by atoms with Gasteiger partial charge in [0.15, 0.2) is 11.5 Å². The fraction of sp³-hybridized carbons (Fsp3) is 0.357. The Morgan fingerprint density at radius 3 is 3.14 bits per heavy atom. The average Bonchev–Trinajstić information content (AvgIpc) is 3.17. The van der Waals surface area contributed by atoms with Gasteiger partial charge in [-0.1, -0.05) is 0 Å². The molecular weight excluding hydrogens is 286 g/mol. The lowest BCUT2D eigenvalue weighted by Crippen LogP contribution is -2.43. The lowest BCUT2D eigenvalue weighted by Gasteiger charge is -2.37. The van der Waals surface area contributed by atoms with Crippen molar-refractivity contribution >= 4 is 28.3 Å². The van der Waals surface area contributed by atoms with Crippen molar-refractivity contribution in [2.24, 2.45) is 0 Å². The van der Waals surface area contributed by atoms with Gasteiger partial charge < -0.3 is 14.6 Å². The van der Waals surface area contributed by atoms with Crippen LogP contribution in [0.3, 0.4) is 0 Å². The minimum atomic E-state index is 0.0768. The summed E-state index contributed by atoms with van der Waals surface area (Å²) in [6.45, 7) is 3.69. The molecule has 0 aliphatic carbocycles. The maximum absolute atomic E-state index is 6.07. The molecule has 0 unspecified atom stereocenters. The molecule has 0 aromatic carbocycles. The van der Waals surface area contributed by atoms with Crippen molar-refractivity contribution in [3.8, 4) is 0 Å². The third-order valence-corrected chi connectivity index (χ3v) is 4.38. The van der Waals surface area contributed by atoms with E-state index < -0.39 is 0 Å². The Labute approximate surface area is 125 Å². The summed E-state index contributed by atoms with van der Waals surface area (Å²) in [5.41, 5.74) is 2.81. The molecule has 1 aliphatic heterocycles. The molecule has 1 fully saturated rings. The van der Waals surface area contributed by atoms with Crippen LogP contribution in [-0.2, 0) is 4.74 Å². The van der Waals surface area contributed by atoms with E-state index in [-0.39, 0.29) is 12.2 Å². The van der Waals surface area contributed by atoms with Crippen LogP contribution in [0.4, 0.5) is 5.82 Å². The largest absolute Gasteiger partial charge is 0.367 e. The molecule has 21 heavy (non-hydrogen) atoms. The lowest BCUT2D eigenvalue weighted by molar-refractivity contribution is -0.0173. The van der Waals surface area contributed by atoms with Crippen LogP contribution in [0.15, 0.2) is 29.5 Å². The van der Waals surface area contributed by atoms with Crippen molar-refractivity contribution in [2.75, 3.05) is 18.0 Å². The van der Waals surface area contributed by atoms with Crippen LogP contribution < -0.4 is 4.90 Å². The Morgan fingerprint density at radius 2 is 2.29 bits per heavy atom. The zero-order valence-corrected chi connectivity index (χ0v) is 12.4. The summed E-state index contributed by atoms with van der Waals surface area (Å²) in [6, 6.07) is 2.12. The summed E-state index contributed by atoms with van der Waals surface area (Å²) in [7, 11) is 0. The van der Waals surface area contributed by atoms with Crippen LogP contribution in [0.25, 0.3) is 11.2 Å². The van der Waals surface area contributed by atoms with Crippen molar-refractivity contribution in [1.29, 1.82) is 0 Å². The number of aromatic nitrogens is 4. The molecule has 7 heteroatoms. The summed E-state index contributed by atoms with van der Waals surface area (Å²) >= 11 is 1.70. The van der Waals surface area contributed by atoms with E-state index in [1.54, 1.807) is 24.0 Å².